The normalized spacial score (nSPS) is 13.1. The number of ether oxygens (including phenoxy) is 8. The molecule has 0 fully saturated rings. The van der Waals surface area contributed by atoms with Crippen LogP contribution in [0.3, 0.4) is 0 Å². The summed E-state index contributed by atoms with van der Waals surface area (Å²) in [5, 5.41) is 6.87. The van der Waals surface area contributed by atoms with Crippen LogP contribution < -0.4 is 71.5 Å². The highest BCUT2D eigenvalue weighted by atomic mass is 16.5. The van der Waals surface area contributed by atoms with Gasteiger partial charge in [-0.15, -0.1) is 0 Å². The summed E-state index contributed by atoms with van der Waals surface area (Å²) in [4.78, 5) is 30.9. The fourth-order valence-corrected chi connectivity index (χ4v) is 9.77. The molecule has 10 bridgehead atoms. The van der Waals surface area contributed by atoms with Crippen LogP contribution >= 0.6 is 0 Å². The summed E-state index contributed by atoms with van der Waals surface area (Å²) in [5.41, 5.74) is 30.1. The number of carbonyl (C=O) groups excluding carboxylic acids is 2. The van der Waals surface area contributed by atoms with E-state index >= 15 is 9.59 Å². The Balaban J connectivity index is 0.00000186. The largest absolute Gasteiger partial charge is 0.494 e. The molecule has 442 valence electrons. The summed E-state index contributed by atoms with van der Waals surface area (Å²) >= 11 is 0. The second-order valence-corrected chi connectivity index (χ2v) is 19.1. The summed E-state index contributed by atoms with van der Waals surface area (Å²) in [6.45, 7) is 22.4. The van der Waals surface area contributed by atoms with E-state index in [-0.39, 0.29) is 41.3 Å². The van der Waals surface area contributed by atoms with Crippen molar-refractivity contribution in [2.45, 2.75) is 126 Å². The second kappa shape index (κ2) is 35.3. The Bertz CT molecular complexity index is 2490. The topological polar surface area (TPSA) is 268 Å². The molecule has 0 saturated heterocycles. The maximum absolute atomic E-state index is 15.4. The van der Waals surface area contributed by atoms with Gasteiger partial charge in [0, 0.05) is 101 Å². The number of Topliss-reactive ketones (excluding diaryl/α,β-unsaturated/α-hetero) is 2. The third-order valence-electron chi connectivity index (χ3n) is 13.4. The number of rotatable bonds is 29. The van der Waals surface area contributed by atoms with Gasteiger partial charge in [-0.1, -0.05) is 0 Å². The van der Waals surface area contributed by atoms with Crippen LogP contribution in [0.4, 0.5) is 0 Å². The van der Waals surface area contributed by atoms with Crippen molar-refractivity contribution in [2.75, 3.05) is 92.1 Å². The van der Waals surface area contributed by atoms with E-state index in [1.165, 1.54) is 0 Å². The molecule has 11 aliphatic rings. The molecule has 0 amide bonds. The van der Waals surface area contributed by atoms with Crippen molar-refractivity contribution >= 4 is 11.6 Å². The molecule has 12 N–H and O–H groups in total. The summed E-state index contributed by atoms with van der Waals surface area (Å²) in [6, 6.07) is 16.2. The predicted octanol–water partition coefficient (Wildman–Crippen LogP) is 7.92. The van der Waals surface area contributed by atoms with Crippen molar-refractivity contribution in [2.24, 2.45) is 22.9 Å². The van der Waals surface area contributed by atoms with Crippen LogP contribution in [0.15, 0.2) is 71.1 Å². The Morgan fingerprint density at radius 3 is 0.700 bits per heavy atom. The van der Waals surface area contributed by atoms with Crippen molar-refractivity contribution < 1.29 is 53.0 Å². The molecule has 0 unspecified atom stereocenters. The molecule has 0 aromatic heterocycles. The molecule has 17 heteroatoms. The number of unbranched alkanes of at least 4 members (excludes halogenated alkanes) is 3. The number of nitrogens with one attached hydrogen (secondary N) is 2. The minimum absolute atomic E-state index is 0. The average Bonchev–Trinajstić information content (AvgIpc) is 3.46. The standard InChI is InChI=1S/C59H80N4O10.C4H12N2.H2O/c1-9-66-48-32-40-26-42-34-54(72-15-7)44(36-52(42)70-13-5)28-46-56(62-23-19-17-21-60)59(65)47(57(58(46)64)63-24-20-18-22-61)29-45-37-53(71-14-6)43(35-55(45)73-16-8)27-41-33-49(67-10-2)39(31-51(41)69-12-4)25-38(48)30-50(40)68-11-3;5-3-1-2-4-6;/h30-37,62-63H,9-29,60-61H2,1-8H3;1-6H2;1H2. The lowest BCUT2D eigenvalue weighted by atomic mass is 9.84. The van der Waals surface area contributed by atoms with Gasteiger partial charge in [-0.2, -0.15) is 0 Å². The molecule has 80 heavy (non-hydrogen) atoms. The summed E-state index contributed by atoms with van der Waals surface area (Å²) in [5.74, 6) is 4.72. The fraction of sp³-hybridized carbons (Fsp3) is 0.524. The lowest BCUT2D eigenvalue weighted by molar-refractivity contribution is -0.117. The Labute approximate surface area is 476 Å². The number of ketones is 2. The van der Waals surface area contributed by atoms with Gasteiger partial charge in [0.1, 0.15) is 46.0 Å². The minimum Gasteiger partial charge on any atom is -0.494 e. The van der Waals surface area contributed by atoms with Crippen LogP contribution in [0.25, 0.3) is 0 Å². The van der Waals surface area contributed by atoms with Crippen molar-refractivity contribution in [1.29, 1.82) is 0 Å². The molecule has 0 saturated carbocycles. The van der Waals surface area contributed by atoms with Gasteiger partial charge in [0.25, 0.3) is 0 Å². The van der Waals surface area contributed by atoms with Crippen LogP contribution in [-0.4, -0.2) is 109 Å². The number of allylic oxidation sites excluding steroid dienone is 2. The van der Waals surface area contributed by atoms with Gasteiger partial charge in [0.05, 0.1) is 64.2 Å². The first-order valence-electron chi connectivity index (χ1n) is 29.0. The second-order valence-electron chi connectivity index (χ2n) is 19.1. The molecular weight excluding hydrogens is 1020 g/mol. The highest BCUT2D eigenvalue weighted by Crippen LogP contribution is 2.42. The third kappa shape index (κ3) is 18.0. The zero-order valence-electron chi connectivity index (χ0n) is 49.2. The molecule has 0 atom stereocenters. The van der Waals surface area contributed by atoms with Crippen LogP contribution in [0, 0.1) is 0 Å². The highest BCUT2D eigenvalue weighted by molar-refractivity contribution is 6.25. The molecule has 11 aliphatic carbocycles. The van der Waals surface area contributed by atoms with Gasteiger partial charge in [-0.05, 0) is 169 Å². The van der Waals surface area contributed by atoms with E-state index in [1.54, 1.807) is 0 Å². The molecule has 17 nitrogen and oxygen atoms in total. The van der Waals surface area contributed by atoms with E-state index in [0.717, 1.165) is 83.7 Å². The molecular formula is C63H94N6O11. The van der Waals surface area contributed by atoms with Crippen LogP contribution in [0.1, 0.15) is 138 Å². The Morgan fingerprint density at radius 1 is 0.325 bits per heavy atom. The zero-order chi connectivity index (χ0) is 57.1. The van der Waals surface area contributed by atoms with E-state index in [9.17, 15) is 0 Å². The van der Waals surface area contributed by atoms with E-state index < -0.39 is 0 Å². The van der Waals surface area contributed by atoms with Gasteiger partial charge >= 0.3 is 0 Å². The van der Waals surface area contributed by atoms with Gasteiger partial charge in [0.2, 0.25) is 11.6 Å². The smallest absolute Gasteiger partial charge is 0.207 e. The monoisotopic (exact) mass is 1110 g/mol. The number of hydrogen-bond donors (Lipinski definition) is 6. The number of benzene rings is 4. The summed E-state index contributed by atoms with van der Waals surface area (Å²) < 4.78 is 51.5. The van der Waals surface area contributed by atoms with Gasteiger partial charge in [-0.3, -0.25) is 9.59 Å². The number of nitrogens with two attached hydrogens (primary N) is 4. The first-order valence-corrected chi connectivity index (χ1v) is 29.0. The SMILES string of the molecule is CCOc1cc2c(OCC)cc1CC1=C(NCCCCN)C(=O)C(=C(NCCCCN)C1=O)Cc1cc(OCC)c(cc1OCC)Cc1cc(OCC)c(cc1OCC)Cc1cc(OCC)c(cc1OCC)C2.NCCCCN.O. The van der Waals surface area contributed by atoms with E-state index in [4.69, 9.17) is 60.8 Å². The molecule has 0 heterocycles. The van der Waals surface area contributed by atoms with Crippen LogP contribution in [0.5, 0.6) is 46.0 Å². The molecule has 0 aliphatic heterocycles. The number of carbonyl (C=O) groups is 2. The van der Waals surface area contributed by atoms with Crippen molar-refractivity contribution in [1.82, 2.24) is 10.6 Å². The minimum atomic E-state index is -0.278. The zero-order valence-corrected chi connectivity index (χ0v) is 49.2. The van der Waals surface area contributed by atoms with E-state index in [0.29, 0.717) is 168 Å². The first kappa shape index (κ1) is 66.0. The predicted molar refractivity (Wildman–Crippen MR) is 319 cm³/mol. The van der Waals surface area contributed by atoms with Gasteiger partial charge < -0.3 is 76.9 Å². The average molecular weight is 1110 g/mol. The van der Waals surface area contributed by atoms with E-state index in [1.807, 2.05) is 79.7 Å². The molecule has 0 radical (unpaired) electrons. The third-order valence-corrected chi connectivity index (χ3v) is 13.4. The molecule has 0 spiro atoms. The Morgan fingerprint density at radius 2 is 0.512 bits per heavy atom. The number of hydrogen-bond acceptors (Lipinski definition) is 16. The lowest BCUT2D eigenvalue weighted by Crippen LogP contribution is -2.38. The van der Waals surface area contributed by atoms with Gasteiger partial charge in [-0.25, -0.2) is 0 Å². The van der Waals surface area contributed by atoms with Crippen LogP contribution in [0.2, 0.25) is 0 Å². The van der Waals surface area contributed by atoms with Crippen molar-refractivity contribution in [3.8, 4) is 46.0 Å². The Kier molecular flexibility index (Phi) is 29.1. The molecule has 4 aromatic rings. The first-order chi connectivity index (χ1) is 38.5. The summed E-state index contributed by atoms with van der Waals surface area (Å²) in [7, 11) is 0. The maximum Gasteiger partial charge on any atom is 0.207 e. The lowest BCUT2D eigenvalue weighted by Gasteiger charge is -2.27. The van der Waals surface area contributed by atoms with Crippen molar-refractivity contribution in [3.63, 3.8) is 0 Å². The van der Waals surface area contributed by atoms with Crippen LogP contribution in [-0.2, 0) is 41.7 Å². The maximum atomic E-state index is 15.4. The summed E-state index contributed by atoms with van der Waals surface area (Å²) in [6.07, 6.45) is 6.53. The molecule has 15 rings (SSSR count). The van der Waals surface area contributed by atoms with Gasteiger partial charge in [0.15, 0.2) is 0 Å². The highest BCUT2D eigenvalue weighted by Gasteiger charge is 2.36. The van der Waals surface area contributed by atoms with E-state index in [2.05, 4.69) is 34.9 Å². The Hall–Kier alpha value is -6.50. The van der Waals surface area contributed by atoms with Crippen molar-refractivity contribution in [3.05, 3.63) is 116 Å². The quantitative estimate of drug-likeness (QED) is 0.0223. The molecule has 4 aromatic carbocycles. The fourth-order valence-electron chi connectivity index (χ4n) is 9.77.